The fourth-order valence-corrected chi connectivity index (χ4v) is 2.58. The van der Waals surface area contributed by atoms with Crippen molar-refractivity contribution >= 4 is 0 Å². The number of rotatable bonds is 2. The van der Waals surface area contributed by atoms with Gasteiger partial charge in [-0.15, -0.1) is 0 Å². The van der Waals surface area contributed by atoms with Gasteiger partial charge in [0.2, 0.25) is 0 Å². The molecule has 0 amide bonds. The molecular formula is C10H19NO3. The summed E-state index contributed by atoms with van der Waals surface area (Å²) in [6.45, 7) is 4.02. The number of hydrogen-bond acceptors (Lipinski definition) is 4. The summed E-state index contributed by atoms with van der Waals surface area (Å²) in [7, 11) is 0. The fraction of sp³-hybridized carbons (Fsp3) is 1.00. The zero-order chi connectivity index (χ0) is 10.3. The first-order valence-corrected chi connectivity index (χ1v) is 5.25. The Hall–Kier alpha value is -0.160. The standard InChI is InChI=1S/C10H19NO3/c1-10(2)13-8-6(3-4-12)5-7(11)9(8)14-10/h6-9,12H,3-5,11H2,1-2H3/t6-,7-,8-,9+/m1/s1. The van der Waals surface area contributed by atoms with Crippen LogP contribution in [0.3, 0.4) is 0 Å². The van der Waals surface area contributed by atoms with E-state index >= 15 is 0 Å². The Labute approximate surface area is 84.4 Å². The highest BCUT2D eigenvalue weighted by Crippen LogP contribution is 2.41. The van der Waals surface area contributed by atoms with E-state index in [0.717, 1.165) is 12.8 Å². The molecule has 0 aromatic carbocycles. The lowest BCUT2D eigenvalue weighted by molar-refractivity contribution is -0.158. The summed E-state index contributed by atoms with van der Waals surface area (Å²) in [5.74, 6) is -0.164. The molecule has 4 heteroatoms. The Morgan fingerprint density at radius 1 is 1.36 bits per heavy atom. The highest BCUT2D eigenvalue weighted by Gasteiger charge is 2.52. The van der Waals surface area contributed by atoms with Gasteiger partial charge in [0.15, 0.2) is 5.79 Å². The highest BCUT2D eigenvalue weighted by molar-refractivity contribution is 4.99. The van der Waals surface area contributed by atoms with Gasteiger partial charge in [0.25, 0.3) is 0 Å². The predicted molar refractivity (Wildman–Crippen MR) is 51.6 cm³/mol. The lowest BCUT2D eigenvalue weighted by Gasteiger charge is -2.22. The second-order valence-electron chi connectivity index (χ2n) is 4.74. The zero-order valence-corrected chi connectivity index (χ0v) is 8.77. The van der Waals surface area contributed by atoms with Gasteiger partial charge in [0, 0.05) is 12.6 Å². The molecule has 0 aromatic heterocycles. The molecule has 1 saturated heterocycles. The summed E-state index contributed by atoms with van der Waals surface area (Å²) in [6, 6.07) is 0.0540. The van der Waals surface area contributed by atoms with Crippen LogP contribution in [0.15, 0.2) is 0 Å². The van der Waals surface area contributed by atoms with Crippen molar-refractivity contribution in [2.45, 2.75) is 50.7 Å². The summed E-state index contributed by atoms with van der Waals surface area (Å²) >= 11 is 0. The Morgan fingerprint density at radius 2 is 2.00 bits per heavy atom. The van der Waals surface area contributed by atoms with Gasteiger partial charge in [-0.05, 0) is 32.6 Å². The Morgan fingerprint density at radius 3 is 2.64 bits per heavy atom. The van der Waals surface area contributed by atoms with Crippen molar-refractivity contribution in [1.82, 2.24) is 0 Å². The van der Waals surface area contributed by atoms with Crippen molar-refractivity contribution in [3.8, 4) is 0 Å². The molecule has 2 fully saturated rings. The largest absolute Gasteiger partial charge is 0.396 e. The van der Waals surface area contributed by atoms with Crippen LogP contribution in [0, 0.1) is 5.92 Å². The van der Waals surface area contributed by atoms with Gasteiger partial charge in [-0.25, -0.2) is 0 Å². The second kappa shape index (κ2) is 3.45. The number of ether oxygens (including phenoxy) is 2. The Kier molecular flexibility index (Phi) is 2.55. The minimum Gasteiger partial charge on any atom is -0.396 e. The molecule has 0 radical (unpaired) electrons. The quantitative estimate of drug-likeness (QED) is 0.671. The SMILES string of the molecule is CC1(C)O[C@@H]2[C@H](CCO)C[C@@H](N)[C@@H]2O1. The maximum absolute atomic E-state index is 8.93. The molecular weight excluding hydrogens is 182 g/mol. The van der Waals surface area contributed by atoms with Crippen molar-refractivity contribution in [1.29, 1.82) is 0 Å². The topological polar surface area (TPSA) is 64.7 Å². The number of aliphatic hydroxyl groups is 1. The molecule has 1 saturated carbocycles. The molecule has 4 nitrogen and oxygen atoms in total. The zero-order valence-electron chi connectivity index (χ0n) is 8.77. The van der Waals surface area contributed by atoms with Crippen molar-refractivity contribution in [3.63, 3.8) is 0 Å². The molecule has 0 unspecified atom stereocenters. The minimum absolute atomic E-state index is 0.0153. The summed E-state index contributed by atoms with van der Waals surface area (Å²) in [4.78, 5) is 0. The van der Waals surface area contributed by atoms with E-state index in [0.29, 0.717) is 5.92 Å². The summed E-state index contributed by atoms with van der Waals surface area (Å²) in [5.41, 5.74) is 5.98. The maximum Gasteiger partial charge on any atom is 0.163 e. The van der Waals surface area contributed by atoms with Crippen molar-refractivity contribution < 1.29 is 14.6 Å². The van der Waals surface area contributed by atoms with Crippen LogP contribution in [0.1, 0.15) is 26.7 Å². The van der Waals surface area contributed by atoms with Crippen LogP contribution in [-0.2, 0) is 9.47 Å². The molecule has 0 aromatic rings. The van der Waals surface area contributed by atoms with Crippen LogP contribution in [-0.4, -0.2) is 35.8 Å². The lowest BCUT2D eigenvalue weighted by Crippen LogP contribution is -2.34. The molecule has 1 heterocycles. The normalized spacial score (nSPS) is 45.4. The van der Waals surface area contributed by atoms with Crippen LogP contribution < -0.4 is 5.73 Å². The Bertz CT molecular complexity index is 219. The minimum atomic E-state index is -0.513. The van der Waals surface area contributed by atoms with Crippen LogP contribution in [0.2, 0.25) is 0 Å². The van der Waals surface area contributed by atoms with Crippen molar-refractivity contribution in [2.75, 3.05) is 6.61 Å². The van der Waals surface area contributed by atoms with E-state index in [9.17, 15) is 0 Å². The average molecular weight is 201 g/mol. The summed E-state index contributed by atoms with van der Waals surface area (Å²) in [6.07, 6.45) is 1.74. The monoisotopic (exact) mass is 201 g/mol. The van der Waals surface area contributed by atoms with Gasteiger partial charge in [-0.1, -0.05) is 0 Å². The van der Waals surface area contributed by atoms with Gasteiger partial charge < -0.3 is 20.3 Å². The lowest BCUT2D eigenvalue weighted by atomic mass is 10.0. The highest BCUT2D eigenvalue weighted by atomic mass is 16.8. The molecule has 1 aliphatic carbocycles. The van der Waals surface area contributed by atoms with Gasteiger partial charge >= 0.3 is 0 Å². The van der Waals surface area contributed by atoms with E-state index in [1.165, 1.54) is 0 Å². The first kappa shape index (κ1) is 10.4. The predicted octanol–water partition coefficient (Wildman–Crippen LogP) is 0.236. The molecule has 4 atom stereocenters. The third-order valence-corrected chi connectivity index (χ3v) is 3.13. The maximum atomic E-state index is 8.93. The number of nitrogens with two attached hydrogens (primary N) is 1. The number of fused-ring (bicyclic) bond motifs is 1. The van der Waals surface area contributed by atoms with E-state index in [-0.39, 0.29) is 24.9 Å². The van der Waals surface area contributed by atoms with E-state index in [2.05, 4.69) is 0 Å². The number of hydrogen-bond donors (Lipinski definition) is 2. The average Bonchev–Trinajstić information content (AvgIpc) is 2.51. The van der Waals surface area contributed by atoms with Gasteiger partial charge in [-0.3, -0.25) is 0 Å². The molecule has 0 spiro atoms. The third-order valence-electron chi connectivity index (χ3n) is 3.13. The number of aliphatic hydroxyl groups excluding tert-OH is 1. The van der Waals surface area contributed by atoms with E-state index in [1.807, 2.05) is 13.8 Å². The third kappa shape index (κ3) is 1.67. The molecule has 1 aliphatic heterocycles. The van der Waals surface area contributed by atoms with E-state index < -0.39 is 5.79 Å². The van der Waals surface area contributed by atoms with Crippen LogP contribution in [0.4, 0.5) is 0 Å². The van der Waals surface area contributed by atoms with Gasteiger partial charge in [0.1, 0.15) is 6.10 Å². The van der Waals surface area contributed by atoms with Crippen molar-refractivity contribution in [2.24, 2.45) is 11.7 Å². The van der Waals surface area contributed by atoms with Crippen molar-refractivity contribution in [3.05, 3.63) is 0 Å². The molecule has 82 valence electrons. The molecule has 2 aliphatic rings. The summed E-state index contributed by atoms with van der Waals surface area (Å²) < 4.78 is 11.5. The van der Waals surface area contributed by atoms with Crippen LogP contribution in [0.5, 0.6) is 0 Å². The summed E-state index contributed by atoms with van der Waals surface area (Å²) in [5, 5.41) is 8.93. The molecule has 2 rings (SSSR count). The molecule has 0 bridgehead atoms. The van der Waals surface area contributed by atoms with Gasteiger partial charge in [0.05, 0.1) is 6.10 Å². The van der Waals surface area contributed by atoms with Crippen LogP contribution >= 0.6 is 0 Å². The van der Waals surface area contributed by atoms with Gasteiger partial charge in [-0.2, -0.15) is 0 Å². The smallest absolute Gasteiger partial charge is 0.163 e. The molecule has 3 N–H and O–H groups in total. The van der Waals surface area contributed by atoms with E-state index in [1.54, 1.807) is 0 Å². The first-order valence-electron chi connectivity index (χ1n) is 5.25. The molecule has 14 heavy (non-hydrogen) atoms. The van der Waals surface area contributed by atoms with Crippen LogP contribution in [0.25, 0.3) is 0 Å². The van der Waals surface area contributed by atoms with E-state index in [4.69, 9.17) is 20.3 Å². The second-order valence-corrected chi connectivity index (χ2v) is 4.74. The Balaban J connectivity index is 2.07. The first-order chi connectivity index (χ1) is 6.53. The fourth-order valence-electron chi connectivity index (χ4n) is 2.58.